The van der Waals surface area contributed by atoms with Crippen LogP contribution in [0.4, 0.5) is 0 Å². The Morgan fingerprint density at radius 3 is 2.21 bits per heavy atom. The highest BCUT2D eigenvalue weighted by atomic mass is 16.4. The molecule has 0 atom stereocenters. The van der Waals surface area contributed by atoms with E-state index in [2.05, 4.69) is 18.5 Å². The highest BCUT2D eigenvalue weighted by Crippen LogP contribution is 1.69. The van der Waals surface area contributed by atoms with Crippen LogP contribution in [-0.4, -0.2) is 17.0 Å². The lowest BCUT2D eigenvalue weighted by Gasteiger charge is -1.88. The zero-order chi connectivity index (χ0) is 11.4. The Morgan fingerprint density at radius 2 is 1.93 bits per heavy atom. The van der Waals surface area contributed by atoms with Gasteiger partial charge in [0.05, 0.1) is 6.07 Å². The number of hydrogen-bond acceptors (Lipinski definition) is 3. The van der Waals surface area contributed by atoms with E-state index >= 15 is 0 Å². The number of hydrogen-bond donors (Lipinski definition) is 2. The van der Waals surface area contributed by atoms with Gasteiger partial charge in [-0.1, -0.05) is 13.2 Å². The summed E-state index contributed by atoms with van der Waals surface area (Å²) in [6.07, 6.45) is 4.08. The fraction of sp³-hybridized carbons (Fsp3) is 0. The van der Waals surface area contributed by atoms with E-state index in [0.29, 0.717) is 0 Å². The molecule has 0 saturated carbocycles. The monoisotopic (exact) mass is 194 g/mol. The van der Waals surface area contributed by atoms with Crippen molar-refractivity contribution >= 4 is 11.9 Å². The van der Waals surface area contributed by atoms with Crippen LogP contribution < -0.4 is 5.32 Å². The van der Waals surface area contributed by atoms with Crippen molar-refractivity contribution < 1.29 is 14.7 Å². The van der Waals surface area contributed by atoms with Gasteiger partial charge in [0.25, 0.3) is 0 Å². The third-order valence-electron chi connectivity index (χ3n) is 0.728. The molecule has 0 spiro atoms. The quantitative estimate of drug-likeness (QED) is 0.508. The number of carbonyl (C=O) groups is 2. The molecular formula is C9H10N2O3. The van der Waals surface area contributed by atoms with E-state index in [0.717, 1.165) is 18.4 Å². The zero-order valence-corrected chi connectivity index (χ0v) is 7.43. The van der Waals surface area contributed by atoms with Crippen molar-refractivity contribution in [3.63, 3.8) is 0 Å². The molecule has 0 aliphatic rings. The van der Waals surface area contributed by atoms with Gasteiger partial charge in [-0.2, -0.15) is 5.26 Å². The van der Waals surface area contributed by atoms with Gasteiger partial charge in [0.15, 0.2) is 0 Å². The van der Waals surface area contributed by atoms with E-state index in [4.69, 9.17) is 10.4 Å². The minimum absolute atomic E-state index is 0.433. The van der Waals surface area contributed by atoms with Gasteiger partial charge in [-0.25, -0.2) is 4.79 Å². The van der Waals surface area contributed by atoms with Crippen molar-refractivity contribution in [3.8, 4) is 6.07 Å². The molecule has 5 heteroatoms. The molecule has 0 unspecified atom stereocenters. The topological polar surface area (TPSA) is 90.2 Å². The Balaban J connectivity index is 0. The maximum absolute atomic E-state index is 10.3. The maximum Gasteiger partial charge on any atom is 0.329 e. The number of carbonyl (C=O) groups excluding carboxylic acids is 1. The number of nitrogens with zero attached hydrogens (tertiary/aromatic N) is 1. The van der Waals surface area contributed by atoms with Gasteiger partial charge in [0.1, 0.15) is 0 Å². The fourth-order valence-corrected chi connectivity index (χ4v) is 0.254. The molecule has 0 aromatic carbocycles. The zero-order valence-electron chi connectivity index (χ0n) is 7.43. The summed E-state index contributed by atoms with van der Waals surface area (Å²) in [6, 6.07) is 1.69. The molecule has 0 rings (SSSR count). The van der Waals surface area contributed by atoms with Gasteiger partial charge in [0.2, 0.25) is 5.91 Å². The first-order valence-corrected chi connectivity index (χ1v) is 3.41. The summed E-state index contributed by atoms with van der Waals surface area (Å²) < 4.78 is 0. The van der Waals surface area contributed by atoms with E-state index in [1.54, 1.807) is 6.07 Å². The molecule has 0 bridgehead atoms. The van der Waals surface area contributed by atoms with Crippen LogP contribution in [0.5, 0.6) is 0 Å². The Morgan fingerprint density at radius 1 is 1.43 bits per heavy atom. The van der Waals surface area contributed by atoms with Crippen LogP contribution >= 0.6 is 0 Å². The molecular weight excluding hydrogens is 184 g/mol. The van der Waals surface area contributed by atoms with E-state index in [9.17, 15) is 9.59 Å². The lowest BCUT2D eigenvalue weighted by molar-refractivity contribution is -0.131. The lowest BCUT2D eigenvalue weighted by Crippen LogP contribution is -2.13. The van der Waals surface area contributed by atoms with E-state index in [1.807, 2.05) is 0 Å². The lowest BCUT2D eigenvalue weighted by atomic mass is 10.5. The largest absolute Gasteiger partial charge is 0.478 e. The second-order valence-electron chi connectivity index (χ2n) is 1.72. The molecule has 0 fully saturated rings. The Kier molecular flexibility index (Phi) is 10.8. The van der Waals surface area contributed by atoms with Crippen LogP contribution in [0.2, 0.25) is 0 Å². The van der Waals surface area contributed by atoms with Crippen molar-refractivity contribution in [2.45, 2.75) is 0 Å². The van der Waals surface area contributed by atoms with E-state index < -0.39 is 11.9 Å². The number of amides is 1. The smallest absolute Gasteiger partial charge is 0.329 e. The first-order chi connectivity index (χ1) is 6.58. The molecule has 0 aliphatic heterocycles. The van der Waals surface area contributed by atoms with Gasteiger partial charge in [-0.05, 0) is 6.08 Å². The van der Waals surface area contributed by atoms with Crippen LogP contribution in [0.15, 0.2) is 37.6 Å². The molecule has 5 nitrogen and oxygen atoms in total. The average Bonchev–Trinajstić information content (AvgIpc) is 2.17. The van der Waals surface area contributed by atoms with Crippen LogP contribution in [0.1, 0.15) is 0 Å². The van der Waals surface area contributed by atoms with Crippen molar-refractivity contribution in [1.29, 1.82) is 5.26 Å². The van der Waals surface area contributed by atoms with Crippen LogP contribution in [0.25, 0.3) is 0 Å². The van der Waals surface area contributed by atoms with Gasteiger partial charge in [-0.3, -0.25) is 4.79 Å². The van der Waals surface area contributed by atoms with E-state index in [1.165, 1.54) is 6.08 Å². The van der Waals surface area contributed by atoms with E-state index in [-0.39, 0.29) is 0 Å². The number of aliphatic carboxylic acids is 1. The van der Waals surface area contributed by atoms with Crippen molar-refractivity contribution in [1.82, 2.24) is 5.32 Å². The predicted octanol–water partition coefficient (Wildman–Crippen LogP) is 0.583. The minimum Gasteiger partial charge on any atom is -0.478 e. The molecule has 0 saturated heterocycles. The van der Waals surface area contributed by atoms with Gasteiger partial charge in [-0.15, -0.1) is 0 Å². The Bertz CT molecular complexity index is 287. The highest BCUT2D eigenvalue weighted by Gasteiger charge is 1.87. The molecule has 0 aliphatic carbocycles. The summed E-state index contributed by atoms with van der Waals surface area (Å²) in [7, 11) is 0. The normalized spacial score (nSPS) is 7.64. The van der Waals surface area contributed by atoms with Crippen LogP contribution in [0.3, 0.4) is 0 Å². The summed E-state index contributed by atoms with van der Waals surface area (Å²) >= 11 is 0. The number of allylic oxidation sites excluding steroid dienone is 1. The molecule has 74 valence electrons. The molecule has 14 heavy (non-hydrogen) atoms. The summed E-state index contributed by atoms with van der Waals surface area (Å²) in [5.74, 6) is -1.54. The third-order valence-corrected chi connectivity index (χ3v) is 0.728. The first kappa shape index (κ1) is 14.2. The van der Waals surface area contributed by atoms with Crippen LogP contribution in [0, 0.1) is 11.3 Å². The number of carboxylic acids is 1. The van der Waals surface area contributed by atoms with Crippen molar-refractivity contribution in [3.05, 3.63) is 37.6 Å². The number of nitrogens with one attached hydrogen (secondary N) is 1. The molecule has 0 aromatic rings. The minimum atomic E-state index is -1.11. The average molecular weight is 194 g/mol. The SMILES string of the molecule is C=CC#N.C=CC(=O)NC=CC(=O)O. The van der Waals surface area contributed by atoms with Crippen molar-refractivity contribution in [2.75, 3.05) is 0 Å². The molecule has 0 heterocycles. The second kappa shape index (κ2) is 10.7. The Labute approximate surface area is 81.7 Å². The summed E-state index contributed by atoms with van der Waals surface area (Å²) in [5, 5.41) is 17.7. The molecule has 1 amide bonds. The predicted molar refractivity (Wildman–Crippen MR) is 50.9 cm³/mol. The third kappa shape index (κ3) is 16.3. The maximum atomic E-state index is 10.3. The van der Waals surface area contributed by atoms with Crippen molar-refractivity contribution in [2.24, 2.45) is 0 Å². The van der Waals surface area contributed by atoms with Crippen LogP contribution in [-0.2, 0) is 9.59 Å². The van der Waals surface area contributed by atoms with Gasteiger partial charge < -0.3 is 10.4 Å². The summed E-state index contributed by atoms with van der Waals surface area (Å²) in [6.45, 7) is 6.28. The number of rotatable bonds is 3. The second-order valence-corrected chi connectivity index (χ2v) is 1.72. The fourth-order valence-electron chi connectivity index (χ4n) is 0.254. The highest BCUT2D eigenvalue weighted by molar-refractivity contribution is 5.88. The number of carboxylic acid groups (broad SMARTS) is 1. The first-order valence-electron chi connectivity index (χ1n) is 3.41. The standard InChI is InChI=1S/C6H7NO3.C3H3N/c1-2-5(8)7-4-3-6(9)10;1-2-3-4/h2-4H,1H2,(H,7,8)(H,9,10);2H,1H2. The summed E-state index contributed by atoms with van der Waals surface area (Å²) in [5.41, 5.74) is 0. The van der Waals surface area contributed by atoms with Gasteiger partial charge in [0, 0.05) is 18.4 Å². The molecule has 0 aromatic heterocycles. The Hall–Kier alpha value is -2.35. The summed E-state index contributed by atoms with van der Waals surface area (Å²) in [4.78, 5) is 20.1. The molecule has 2 N–H and O–H groups in total. The van der Waals surface area contributed by atoms with Gasteiger partial charge >= 0.3 is 5.97 Å². The number of nitriles is 1. The molecule has 0 radical (unpaired) electrons.